The molecule has 0 aliphatic heterocycles. The summed E-state index contributed by atoms with van der Waals surface area (Å²) < 4.78 is 10.2. The van der Waals surface area contributed by atoms with Crippen LogP contribution in [-0.2, 0) is 14.9 Å². The van der Waals surface area contributed by atoms with Crippen molar-refractivity contribution >= 4 is 17.7 Å². The molecule has 0 atom stereocenters. The van der Waals surface area contributed by atoms with Crippen LogP contribution in [-0.4, -0.2) is 30.9 Å². The molecule has 0 fully saturated rings. The maximum absolute atomic E-state index is 12.1. The Hall–Kier alpha value is -3.15. The summed E-state index contributed by atoms with van der Waals surface area (Å²) in [6.07, 6.45) is 0. The zero-order valence-electron chi connectivity index (χ0n) is 15.7. The number of para-hydroxylation sites is 1. The summed E-state index contributed by atoms with van der Waals surface area (Å²) in [4.78, 5) is 35.3. The fraction of sp³-hybridized carbons (Fsp3) is 0.286. The van der Waals surface area contributed by atoms with Crippen molar-refractivity contribution in [2.45, 2.75) is 26.2 Å². The van der Waals surface area contributed by atoms with Crippen LogP contribution in [0.1, 0.15) is 47.1 Å². The molecule has 0 radical (unpaired) electrons. The molecule has 0 unspecified atom stereocenters. The number of hydrogen-bond donors (Lipinski definition) is 1. The summed E-state index contributed by atoms with van der Waals surface area (Å²) in [5, 5.41) is 0. The molecule has 142 valence electrons. The fourth-order valence-corrected chi connectivity index (χ4v) is 2.36. The van der Waals surface area contributed by atoms with E-state index in [9.17, 15) is 14.4 Å². The lowest BCUT2D eigenvalue weighted by atomic mass is 9.86. The first-order valence-electron chi connectivity index (χ1n) is 8.49. The Kier molecular flexibility index (Phi) is 6.34. The highest BCUT2D eigenvalue weighted by molar-refractivity contribution is 5.98. The van der Waals surface area contributed by atoms with Gasteiger partial charge in [0.2, 0.25) is 0 Å². The standard InChI is InChI=1S/C21H23NO5/c1-21(2,3)15-10-8-14(9-11-15)17(23)12-27-19(24)13-26-18-7-5-4-6-16(18)20(22)25/h4-11H,12-13H2,1-3H3,(H2,22,25). The van der Waals surface area contributed by atoms with Crippen molar-refractivity contribution in [3.8, 4) is 5.75 Å². The van der Waals surface area contributed by atoms with Crippen molar-refractivity contribution in [3.63, 3.8) is 0 Å². The number of hydrogen-bond acceptors (Lipinski definition) is 5. The highest BCUT2D eigenvalue weighted by atomic mass is 16.6. The highest BCUT2D eigenvalue weighted by Gasteiger charge is 2.16. The Morgan fingerprint density at radius 1 is 0.926 bits per heavy atom. The molecule has 0 aliphatic carbocycles. The molecule has 0 heterocycles. The number of esters is 1. The van der Waals surface area contributed by atoms with Gasteiger partial charge in [-0.25, -0.2) is 4.79 Å². The Labute approximate surface area is 158 Å². The Morgan fingerprint density at radius 3 is 2.15 bits per heavy atom. The van der Waals surface area contributed by atoms with Gasteiger partial charge in [-0.1, -0.05) is 57.2 Å². The third-order valence-corrected chi connectivity index (χ3v) is 3.94. The van der Waals surface area contributed by atoms with Gasteiger partial charge in [0, 0.05) is 5.56 Å². The van der Waals surface area contributed by atoms with Crippen molar-refractivity contribution in [2.24, 2.45) is 5.73 Å². The van der Waals surface area contributed by atoms with Gasteiger partial charge in [-0.2, -0.15) is 0 Å². The highest BCUT2D eigenvalue weighted by Crippen LogP contribution is 2.22. The van der Waals surface area contributed by atoms with Gasteiger partial charge in [0.1, 0.15) is 5.75 Å². The average molecular weight is 369 g/mol. The number of nitrogens with two attached hydrogens (primary N) is 1. The molecule has 6 heteroatoms. The number of rotatable bonds is 7. The van der Waals surface area contributed by atoms with Crippen LogP contribution in [0.25, 0.3) is 0 Å². The van der Waals surface area contributed by atoms with Crippen molar-refractivity contribution in [1.29, 1.82) is 0 Å². The summed E-state index contributed by atoms with van der Waals surface area (Å²) >= 11 is 0. The molecule has 2 aromatic carbocycles. The van der Waals surface area contributed by atoms with Crippen molar-refractivity contribution in [3.05, 3.63) is 65.2 Å². The molecule has 2 aromatic rings. The molecular formula is C21H23NO5. The zero-order valence-corrected chi connectivity index (χ0v) is 15.7. The number of carbonyl (C=O) groups excluding carboxylic acids is 3. The number of carbonyl (C=O) groups is 3. The average Bonchev–Trinajstić information content (AvgIpc) is 2.64. The number of primary amides is 1. The molecule has 1 amide bonds. The van der Waals surface area contributed by atoms with E-state index in [0.717, 1.165) is 5.56 Å². The SMILES string of the molecule is CC(C)(C)c1ccc(C(=O)COC(=O)COc2ccccc2C(N)=O)cc1. The minimum atomic E-state index is -0.714. The molecule has 0 aromatic heterocycles. The monoisotopic (exact) mass is 369 g/mol. The van der Waals surface area contributed by atoms with E-state index < -0.39 is 18.5 Å². The third-order valence-electron chi connectivity index (χ3n) is 3.94. The van der Waals surface area contributed by atoms with E-state index in [4.69, 9.17) is 15.2 Å². The van der Waals surface area contributed by atoms with E-state index in [1.807, 2.05) is 12.1 Å². The van der Waals surface area contributed by atoms with E-state index in [2.05, 4.69) is 20.8 Å². The first kappa shape index (κ1) is 20.2. The molecule has 0 spiro atoms. The van der Waals surface area contributed by atoms with E-state index in [-0.39, 0.29) is 29.1 Å². The van der Waals surface area contributed by atoms with Gasteiger partial charge < -0.3 is 15.2 Å². The van der Waals surface area contributed by atoms with Gasteiger partial charge in [0.25, 0.3) is 5.91 Å². The molecule has 0 saturated carbocycles. The quantitative estimate of drug-likeness (QED) is 0.598. The second-order valence-electron chi connectivity index (χ2n) is 7.06. The lowest BCUT2D eigenvalue weighted by molar-refractivity contribution is -0.144. The van der Waals surface area contributed by atoms with Crippen LogP contribution in [0.2, 0.25) is 0 Å². The molecule has 0 aliphatic rings. The Balaban J connectivity index is 1.87. The number of benzene rings is 2. The lowest BCUT2D eigenvalue weighted by Gasteiger charge is -2.18. The lowest BCUT2D eigenvalue weighted by Crippen LogP contribution is -2.21. The van der Waals surface area contributed by atoms with Crippen LogP contribution in [0.5, 0.6) is 5.75 Å². The summed E-state index contributed by atoms with van der Waals surface area (Å²) in [5.41, 5.74) is 6.98. The van der Waals surface area contributed by atoms with E-state index in [1.165, 1.54) is 12.1 Å². The van der Waals surface area contributed by atoms with Gasteiger partial charge in [-0.05, 0) is 23.1 Å². The smallest absolute Gasteiger partial charge is 0.344 e. The molecule has 27 heavy (non-hydrogen) atoms. The molecular weight excluding hydrogens is 346 g/mol. The van der Waals surface area contributed by atoms with E-state index in [1.54, 1.807) is 24.3 Å². The van der Waals surface area contributed by atoms with Crippen LogP contribution in [0, 0.1) is 0 Å². The normalized spacial score (nSPS) is 10.9. The number of ketones is 1. The molecule has 2 rings (SSSR count). The Morgan fingerprint density at radius 2 is 1.56 bits per heavy atom. The zero-order chi connectivity index (χ0) is 20.0. The number of amides is 1. The Bertz CT molecular complexity index is 834. The molecule has 2 N–H and O–H groups in total. The molecule has 6 nitrogen and oxygen atoms in total. The molecule has 0 saturated heterocycles. The largest absolute Gasteiger partial charge is 0.481 e. The van der Waals surface area contributed by atoms with E-state index in [0.29, 0.717) is 5.56 Å². The van der Waals surface area contributed by atoms with Crippen molar-refractivity contribution in [1.82, 2.24) is 0 Å². The minimum absolute atomic E-state index is 0.00736. The van der Waals surface area contributed by atoms with E-state index >= 15 is 0 Å². The van der Waals surface area contributed by atoms with Gasteiger partial charge in [-0.15, -0.1) is 0 Å². The summed E-state index contributed by atoms with van der Waals surface area (Å²) in [5.74, 6) is -1.49. The summed E-state index contributed by atoms with van der Waals surface area (Å²) in [7, 11) is 0. The second kappa shape index (κ2) is 8.49. The molecule has 0 bridgehead atoms. The minimum Gasteiger partial charge on any atom is -0.481 e. The van der Waals surface area contributed by atoms with Gasteiger partial charge in [0.15, 0.2) is 19.0 Å². The van der Waals surface area contributed by atoms with Crippen LogP contribution in [0.3, 0.4) is 0 Å². The van der Waals surface area contributed by atoms with Gasteiger partial charge >= 0.3 is 5.97 Å². The second-order valence-corrected chi connectivity index (χ2v) is 7.06. The third kappa shape index (κ3) is 5.67. The summed E-state index contributed by atoms with van der Waals surface area (Å²) in [6.45, 7) is 5.45. The van der Waals surface area contributed by atoms with Crippen molar-refractivity contribution in [2.75, 3.05) is 13.2 Å². The van der Waals surface area contributed by atoms with Crippen molar-refractivity contribution < 1.29 is 23.9 Å². The summed E-state index contributed by atoms with van der Waals surface area (Å²) in [6, 6.07) is 13.5. The van der Waals surface area contributed by atoms with Crippen LogP contribution >= 0.6 is 0 Å². The first-order chi connectivity index (χ1) is 12.7. The van der Waals surface area contributed by atoms with Crippen LogP contribution in [0.4, 0.5) is 0 Å². The van der Waals surface area contributed by atoms with Crippen LogP contribution in [0.15, 0.2) is 48.5 Å². The number of Topliss-reactive ketones (excluding diaryl/α,β-unsaturated/α-hetero) is 1. The number of ether oxygens (including phenoxy) is 2. The topological polar surface area (TPSA) is 95.7 Å². The van der Waals surface area contributed by atoms with Gasteiger partial charge in [-0.3, -0.25) is 9.59 Å². The maximum Gasteiger partial charge on any atom is 0.344 e. The first-order valence-corrected chi connectivity index (χ1v) is 8.49. The fourth-order valence-electron chi connectivity index (χ4n) is 2.36. The van der Waals surface area contributed by atoms with Gasteiger partial charge in [0.05, 0.1) is 5.56 Å². The maximum atomic E-state index is 12.1. The predicted molar refractivity (Wildman–Crippen MR) is 101 cm³/mol. The predicted octanol–water partition coefficient (Wildman–Crippen LogP) is 2.89. The van der Waals surface area contributed by atoms with Crippen LogP contribution < -0.4 is 10.5 Å².